The fourth-order valence-electron chi connectivity index (χ4n) is 8.10. The Morgan fingerprint density at radius 3 is 2.60 bits per heavy atom. The average Bonchev–Trinajstić information content (AvgIpc) is 3.98. The van der Waals surface area contributed by atoms with Gasteiger partial charge in [0.05, 0.1) is 58.7 Å². The molecular weight excluding hydrogens is 694 g/mol. The van der Waals surface area contributed by atoms with Crippen LogP contribution in [0.15, 0.2) is 70.1 Å². The molecule has 0 bridgehead atoms. The predicted octanol–water partition coefficient (Wildman–Crippen LogP) is 7.08. The molecule has 2 aromatic carbocycles. The zero-order valence-electron chi connectivity index (χ0n) is 28.3. The minimum Gasteiger partial charge on any atom is -0.496 e. The summed E-state index contributed by atoms with van der Waals surface area (Å²) in [5, 5.41) is 9.74. The maximum Gasteiger partial charge on any atom is 0.434 e. The number of alkyl halides is 3. The standard InChI is InChI=1S/C38H31F4N7O4/c1-52-29-6-2-4-22-23(29)12-14-24(22)43-26-16-20(38(40,41)42)17-48-18-27(45-34(26)48)30-31(35-46-47-37(51)53-35)25(13-9-19-7-10-21(39)11-8-19)44-33-28-5-3-15-49(28)36(50)32(30)33/h2,4,6-8,10-11,16-18,24,28,43H,3,5,9,12-15H2,1H3,(H,47,51)/t24-,28-/m1/s1. The summed E-state index contributed by atoms with van der Waals surface area (Å²) in [4.78, 5) is 38.2. The van der Waals surface area contributed by atoms with Crippen molar-refractivity contribution >= 4 is 17.2 Å². The summed E-state index contributed by atoms with van der Waals surface area (Å²) in [6.45, 7) is 0.513. The predicted molar refractivity (Wildman–Crippen MR) is 184 cm³/mol. The molecule has 2 atom stereocenters. The number of benzene rings is 2. The van der Waals surface area contributed by atoms with Crippen LogP contribution < -0.4 is 15.8 Å². The van der Waals surface area contributed by atoms with Crippen LogP contribution in [0.3, 0.4) is 0 Å². The second-order valence-corrected chi connectivity index (χ2v) is 13.5. The van der Waals surface area contributed by atoms with Crippen LogP contribution in [0.2, 0.25) is 0 Å². The van der Waals surface area contributed by atoms with Crippen LogP contribution in [0.4, 0.5) is 23.2 Å². The molecule has 0 radical (unpaired) electrons. The minimum atomic E-state index is -4.68. The molecule has 1 fully saturated rings. The van der Waals surface area contributed by atoms with Crippen LogP contribution >= 0.6 is 0 Å². The lowest BCUT2D eigenvalue weighted by Gasteiger charge is -2.18. The van der Waals surface area contributed by atoms with Crippen LogP contribution in [0.25, 0.3) is 28.4 Å². The first-order valence-electron chi connectivity index (χ1n) is 17.3. The molecule has 2 aliphatic heterocycles. The number of anilines is 1. The third-order valence-electron chi connectivity index (χ3n) is 10.5. The lowest BCUT2D eigenvalue weighted by atomic mass is 9.92. The molecule has 4 aromatic heterocycles. The van der Waals surface area contributed by atoms with Crippen molar-refractivity contribution in [2.24, 2.45) is 0 Å². The number of halogens is 4. The third kappa shape index (κ3) is 5.52. The summed E-state index contributed by atoms with van der Waals surface area (Å²) in [5.41, 5.74) is 4.07. The van der Waals surface area contributed by atoms with Gasteiger partial charge in [-0.15, -0.1) is 5.10 Å². The maximum atomic E-state index is 14.4. The Morgan fingerprint density at radius 1 is 1.02 bits per heavy atom. The summed E-state index contributed by atoms with van der Waals surface area (Å²) in [7, 11) is 1.58. The Morgan fingerprint density at radius 2 is 1.85 bits per heavy atom. The minimum absolute atomic E-state index is 0.142. The molecular formula is C38H31F4N7O4. The van der Waals surface area contributed by atoms with E-state index in [4.69, 9.17) is 19.1 Å². The number of carbonyl (C=O) groups is 1. The van der Waals surface area contributed by atoms with E-state index in [9.17, 15) is 27.2 Å². The summed E-state index contributed by atoms with van der Waals surface area (Å²) >= 11 is 0. The first-order valence-corrected chi connectivity index (χ1v) is 17.3. The number of carbonyl (C=O) groups excluding carboxylic acids is 1. The number of amides is 1. The molecule has 6 heterocycles. The second-order valence-electron chi connectivity index (χ2n) is 13.5. The van der Waals surface area contributed by atoms with Crippen molar-refractivity contribution in [3.05, 3.63) is 116 Å². The van der Waals surface area contributed by atoms with Crippen molar-refractivity contribution in [2.45, 2.75) is 56.8 Å². The SMILES string of the molecule is COc1cccc2c1CC[C@H]2Nc1cc(C(F)(F)F)cn2cc(-c3c4c(nc(CCc5ccc(F)cc5)c3-c3n[nH]c(=O)o3)[C@H]3CCCN3C4=O)nc12. The lowest BCUT2D eigenvalue weighted by molar-refractivity contribution is -0.137. The van der Waals surface area contributed by atoms with E-state index < -0.39 is 17.5 Å². The number of nitrogens with one attached hydrogen (secondary N) is 2. The number of nitrogens with zero attached hydrogens (tertiary/aromatic N) is 5. The van der Waals surface area contributed by atoms with Gasteiger partial charge in [0.25, 0.3) is 11.8 Å². The number of hydrogen-bond acceptors (Lipinski definition) is 8. The molecule has 3 aliphatic rings. The van der Waals surface area contributed by atoms with Crippen LogP contribution in [0, 0.1) is 5.82 Å². The number of imidazole rings is 1. The summed E-state index contributed by atoms with van der Waals surface area (Å²) in [5.74, 6) is -0.938. The van der Waals surface area contributed by atoms with Crippen LogP contribution in [-0.2, 0) is 25.4 Å². The molecule has 15 heteroatoms. The third-order valence-corrected chi connectivity index (χ3v) is 10.5. The van der Waals surface area contributed by atoms with E-state index in [1.54, 1.807) is 24.1 Å². The van der Waals surface area contributed by atoms with E-state index in [1.165, 1.54) is 22.7 Å². The van der Waals surface area contributed by atoms with E-state index >= 15 is 0 Å². The number of hydrogen-bond donors (Lipinski definition) is 2. The molecule has 11 nitrogen and oxygen atoms in total. The van der Waals surface area contributed by atoms with Crippen molar-refractivity contribution in [1.82, 2.24) is 29.5 Å². The molecule has 1 aliphatic carbocycles. The molecule has 9 rings (SSSR count). The number of aromatic amines is 1. The van der Waals surface area contributed by atoms with Crippen molar-refractivity contribution in [3.8, 4) is 28.5 Å². The molecule has 2 N–H and O–H groups in total. The number of aromatic nitrogens is 5. The number of methoxy groups -OCH3 is 1. The lowest BCUT2D eigenvalue weighted by Crippen LogP contribution is -2.23. The first kappa shape index (κ1) is 32.9. The quantitative estimate of drug-likeness (QED) is 0.159. The second kappa shape index (κ2) is 12.3. The number of ether oxygens (including phenoxy) is 1. The zero-order valence-corrected chi connectivity index (χ0v) is 28.3. The number of rotatable bonds is 8. The molecule has 0 unspecified atom stereocenters. The van der Waals surface area contributed by atoms with Gasteiger partial charge < -0.3 is 23.8 Å². The highest BCUT2D eigenvalue weighted by Gasteiger charge is 2.45. The Hall–Kier alpha value is -5.99. The molecule has 270 valence electrons. The fraction of sp³-hybridized carbons (Fsp3) is 0.289. The van der Waals surface area contributed by atoms with Gasteiger partial charge in [0.2, 0.25) is 0 Å². The van der Waals surface area contributed by atoms with E-state index in [1.807, 2.05) is 18.2 Å². The van der Waals surface area contributed by atoms with Gasteiger partial charge in [-0.05, 0) is 79.5 Å². The first-order chi connectivity index (χ1) is 25.6. The Bertz CT molecular complexity index is 2490. The van der Waals surface area contributed by atoms with Gasteiger partial charge in [-0.2, -0.15) is 13.2 Å². The van der Waals surface area contributed by atoms with Gasteiger partial charge >= 0.3 is 11.9 Å². The molecule has 0 spiro atoms. The highest BCUT2D eigenvalue weighted by Crippen LogP contribution is 2.48. The molecule has 0 saturated carbocycles. The average molecular weight is 726 g/mol. The number of fused-ring (bicyclic) bond motifs is 5. The smallest absolute Gasteiger partial charge is 0.434 e. The van der Waals surface area contributed by atoms with Gasteiger partial charge in [-0.25, -0.2) is 19.3 Å². The van der Waals surface area contributed by atoms with Crippen LogP contribution in [-0.4, -0.2) is 49.0 Å². The maximum absolute atomic E-state index is 14.4. The van der Waals surface area contributed by atoms with Crippen LogP contribution in [0.5, 0.6) is 5.75 Å². The molecule has 53 heavy (non-hydrogen) atoms. The summed E-state index contributed by atoms with van der Waals surface area (Å²) < 4.78 is 69.3. The van der Waals surface area contributed by atoms with E-state index in [0.29, 0.717) is 49.4 Å². The van der Waals surface area contributed by atoms with E-state index in [2.05, 4.69) is 15.5 Å². The van der Waals surface area contributed by atoms with Gasteiger partial charge in [0.1, 0.15) is 11.6 Å². The molecule has 1 amide bonds. The van der Waals surface area contributed by atoms with Gasteiger partial charge in [0, 0.05) is 24.5 Å². The van der Waals surface area contributed by atoms with Crippen molar-refractivity contribution in [2.75, 3.05) is 19.0 Å². The number of aryl methyl sites for hydroxylation is 2. The zero-order chi connectivity index (χ0) is 36.6. The Kier molecular flexibility index (Phi) is 7.64. The van der Waals surface area contributed by atoms with Gasteiger partial charge in [-0.1, -0.05) is 24.3 Å². The highest BCUT2D eigenvalue weighted by molar-refractivity contribution is 6.08. The largest absolute Gasteiger partial charge is 0.496 e. The fourth-order valence-corrected chi connectivity index (χ4v) is 8.10. The van der Waals surface area contributed by atoms with Crippen molar-refractivity contribution < 1.29 is 31.5 Å². The molecule has 6 aromatic rings. The molecule has 1 saturated heterocycles. The summed E-state index contributed by atoms with van der Waals surface area (Å²) in [6, 6.07) is 12.1. The van der Waals surface area contributed by atoms with Crippen molar-refractivity contribution in [1.29, 1.82) is 0 Å². The number of H-pyrrole nitrogens is 1. The topological polar surface area (TPSA) is 131 Å². The van der Waals surface area contributed by atoms with E-state index in [-0.39, 0.29) is 69.8 Å². The van der Waals surface area contributed by atoms with E-state index in [0.717, 1.165) is 35.4 Å². The monoisotopic (exact) mass is 725 g/mol. The Labute approximate surface area is 298 Å². The van der Waals surface area contributed by atoms with Gasteiger partial charge in [0.15, 0.2) is 5.65 Å². The van der Waals surface area contributed by atoms with Gasteiger partial charge in [-0.3, -0.25) is 9.78 Å². The summed E-state index contributed by atoms with van der Waals surface area (Å²) in [6.07, 6.45) is 1.19. The van der Waals surface area contributed by atoms with Crippen molar-refractivity contribution in [3.63, 3.8) is 0 Å². The Balaban J connectivity index is 1.25. The highest BCUT2D eigenvalue weighted by atomic mass is 19.4. The normalized spacial score (nSPS) is 17.8. The number of pyridine rings is 2. The van der Waals surface area contributed by atoms with Crippen LogP contribution in [0.1, 0.15) is 75.3 Å².